The van der Waals surface area contributed by atoms with Crippen molar-refractivity contribution >= 4 is 11.3 Å². The molecule has 0 spiro atoms. The Hall–Kier alpha value is -0.450. The van der Waals surface area contributed by atoms with E-state index in [9.17, 15) is 0 Å². The zero-order valence-corrected chi connectivity index (χ0v) is 11.8. The molecule has 4 heteroatoms. The Bertz CT molecular complexity index is 373. The molecule has 2 rings (SSSR count). The van der Waals surface area contributed by atoms with E-state index in [1.165, 1.54) is 34.8 Å². The summed E-state index contributed by atoms with van der Waals surface area (Å²) in [6, 6.07) is 0. The highest BCUT2D eigenvalue weighted by Gasteiger charge is 2.30. The quantitative estimate of drug-likeness (QED) is 0.820. The maximum Gasteiger partial charge on any atom is 0.107 e. The summed E-state index contributed by atoms with van der Waals surface area (Å²) in [5.41, 5.74) is 1.62. The van der Waals surface area contributed by atoms with Gasteiger partial charge in [0.1, 0.15) is 5.01 Å². The third-order valence-electron chi connectivity index (χ3n) is 3.35. The van der Waals surface area contributed by atoms with Crippen LogP contribution in [-0.4, -0.2) is 25.2 Å². The van der Waals surface area contributed by atoms with Crippen molar-refractivity contribution in [2.24, 2.45) is 0 Å². The fraction of sp³-hybridized carbons (Fsp3) is 0.769. The number of methoxy groups -OCH3 is 1. The zero-order valence-electron chi connectivity index (χ0n) is 11.0. The summed E-state index contributed by atoms with van der Waals surface area (Å²) >= 11 is 1.88. The monoisotopic (exact) mass is 254 g/mol. The molecule has 0 amide bonds. The van der Waals surface area contributed by atoms with Crippen molar-refractivity contribution in [3.8, 4) is 0 Å². The Morgan fingerprint density at radius 3 is 3.00 bits per heavy atom. The lowest BCUT2D eigenvalue weighted by atomic mass is 9.79. The lowest BCUT2D eigenvalue weighted by Crippen LogP contribution is -2.23. The molecule has 3 nitrogen and oxygen atoms in total. The highest BCUT2D eigenvalue weighted by atomic mass is 32.1. The minimum absolute atomic E-state index is 0.273. The van der Waals surface area contributed by atoms with Gasteiger partial charge in [0.25, 0.3) is 0 Å². The van der Waals surface area contributed by atoms with Crippen LogP contribution >= 0.6 is 11.3 Å². The van der Waals surface area contributed by atoms with Crippen LogP contribution in [0.25, 0.3) is 0 Å². The Kier molecular flexibility index (Phi) is 4.17. The second-order valence-electron chi connectivity index (χ2n) is 5.29. The zero-order chi connectivity index (χ0) is 12.3. The van der Waals surface area contributed by atoms with E-state index in [2.05, 4.69) is 19.2 Å². The highest BCUT2D eigenvalue weighted by Crippen LogP contribution is 2.38. The molecule has 0 fully saturated rings. The summed E-state index contributed by atoms with van der Waals surface area (Å²) < 4.78 is 5.01. The molecule has 0 unspecified atom stereocenters. The molecule has 1 N–H and O–H groups in total. The molecule has 0 radical (unpaired) electrons. The molecule has 0 saturated carbocycles. The van der Waals surface area contributed by atoms with E-state index in [1.807, 2.05) is 11.3 Å². The molecule has 1 heterocycles. The largest absolute Gasteiger partial charge is 0.383 e. The van der Waals surface area contributed by atoms with Gasteiger partial charge in [-0.05, 0) is 19.3 Å². The summed E-state index contributed by atoms with van der Waals surface area (Å²) in [7, 11) is 1.73. The third kappa shape index (κ3) is 3.06. The van der Waals surface area contributed by atoms with Gasteiger partial charge in [-0.1, -0.05) is 13.8 Å². The minimum atomic E-state index is 0.273. The van der Waals surface area contributed by atoms with Crippen LogP contribution in [0.15, 0.2) is 0 Å². The number of nitrogens with zero attached hydrogens (tertiary/aromatic N) is 1. The first kappa shape index (κ1) is 13.0. The minimum Gasteiger partial charge on any atom is -0.383 e. The Labute approximate surface area is 108 Å². The van der Waals surface area contributed by atoms with Crippen molar-refractivity contribution in [3.63, 3.8) is 0 Å². The van der Waals surface area contributed by atoms with Gasteiger partial charge in [0.15, 0.2) is 0 Å². The van der Waals surface area contributed by atoms with E-state index >= 15 is 0 Å². The van der Waals surface area contributed by atoms with Crippen LogP contribution in [0.3, 0.4) is 0 Å². The number of fused-ring (bicyclic) bond motifs is 1. The molecule has 1 aliphatic rings. The topological polar surface area (TPSA) is 34.1 Å². The van der Waals surface area contributed by atoms with Crippen LogP contribution in [0.4, 0.5) is 0 Å². The highest BCUT2D eigenvalue weighted by molar-refractivity contribution is 7.11. The second kappa shape index (κ2) is 5.46. The van der Waals surface area contributed by atoms with Gasteiger partial charge in [0, 0.05) is 30.5 Å². The van der Waals surface area contributed by atoms with E-state index in [0.29, 0.717) is 0 Å². The molecular weight excluding hydrogens is 232 g/mol. The Balaban J connectivity index is 1.99. The second-order valence-corrected chi connectivity index (χ2v) is 6.45. The van der Waals surface area contributed by atoms with Crippen LogP contribution in [0.2, 0.25) is 0 Å². The summed E-state index contributed by atoms with van der Waals surface area (Å²) in [5, 5.41) is 4.59. The Morgan fingerprint density at radius 1 is 1.47 bits per heavy atom. The average Bonchev–Trinajstić information content (AvgIpc) is 2.69. The molecule has 1 aromatic rings. The molecule has 1 aliphatic carbocycles. The van der Waals surface area contributed by atoms with Crippen LogP contribution in [0, 0.1) is 0 Å². The van der Waals surface area contributed by atoms with Gasteiger partial charge in [0.05, 0.1) is 12.3 Å². The number of aryl methyl sites for hydroxylation is 1. The van der Waals surface area contributed by atoms with Crippen LogP contribution in [0.1, 0.15) is 42.3 Å². The van der Waals surface area contributed by atoms with Crippen molar-refractivity contribution < 1.29 is 4.74 Å². The SMILES string of the molecule is COCCNCc1nc2c(s1)CCCC2(C)C. The number of rotatable bonds is 5. The van der Waals surface area contributed by atoms with E-state index in [1.54, 1.807) is 7.11 Å². The number of thiazole rings is 1. The first-order chi connectivity index (χ1) is 8.13. The average molecular weight is 254 g/mol. The summed E-state index contributed by atoms with van der Waals surface area (Å²) in [6.07, 6.45) is 3.79. The van der Waals surface area contributed by atoms with Crippen molar-refractivity contribution in [3.05, 3.63) is 15.6 Å². The van der Waals surface area contributed by atoms with E-state index < -0.39 is 0 Å². The van der Waals surface area contributed by atoms with Crippen molar-refractivity contribution in [2.75, 3.05) is 20.3 Å². The fourth-order valence-electron chi connectivity index (χ4n) is 2.35. The molecule has 17 heavy (non-hydrogen) atoms. The van der Waals surface area contributed by atoms with E-state index in [-0.39, 0.29) is 5.41 Å². The summed E-state index contributed by atoms with van der Waals surface area (Å²) in [5.74, 6) is 0. The smallest absolute Gasteiger partial charge is 0.107 e. The van der Waals surface area contributed by atoms with Gasteiger partial charge in [-0.15, -0.1) is 11.3 Å². The number of ether oxygens (including phenoxy) is 1. The van der Waals surface area contributed by atoms with E-state index in [0.717, 1.165) is 19.7 Å². The van der Waals surface area contributed by atoms with Crippen LogP contribution < -0.4 is 5.32 Å². The van der Waals surface area contributed by atoms with Gasteiger partial charge in [0.2, 0.25) is 0 Å². The van der Waals surface area contributed by atoms with Crippen molar-refractivity contribution in [1.82, 2.24) is 10.3 Å². The summed E-state index contributed by atoms with van der Waals surface area (Å²) in [6.45, 7) is 7.15. The van der Waals surface area contributed by atoms with Gasteiger partial charge in [-0.2, -0.15) is 0 Å². The molecular formula is C13H22N2OS. The normalized spacial score (nSPS) is 18.1. The molecule has 0 aliphatic heterocycles. The molecule has 0 saturated heterocycles. The van der Waals surface area contributed by atoms with Crippen molar-refractivity contribution in [2.45, 2.75) is 45.1 Å². The van der Waals surface area contributed by atoms with Gasteiger partial charge < -0.3 is 10.1 Å². The first-order valence-corrected chi connectivity index (χ1v) is 7.14. The first-order valence-electron chi connectivity index (χ1n) is 6.32. The Morgan fingerprint density at radius 2 is 2.29 bits per heavy atom. The van der Waals surface area contributed by atoms with Crippen LogP contribution in [-0.2, 0) is 23.1 Å². The molecule has 96 valence electrons. The molecule has 0 bridgehead atoms. The molecule has 0 atom stereocenters. The lowest BCUT2D eigenvalue weighted by Gasteiger charge is -2.28. The van der Waals surface area contributed by atoms with Gasteiger partial charge in [-0.25, -0.2) is 4.98 Å². The number of hydrogen-bond acceptors (Lipinski definition) is 4. The maximum absolute atomic E-state index is 5.01. The number of hydrogen-bond donors (Lipinski definition) is 1. The number of aromatic nitrogens is 1. The standard InChI is InChI=1S/C13H22N2OS/c1-13(2)6-4-5-10-12(13)15-11(17-10)9-14-7-8-16-3/h14H,4-9H2,1-3H3. The van der Waals surface area contributed by atoms with Crippen molar-refractivity contribution in [1.29, 1.82) is 0 Å². The summed E-state index contributed by atoms with van der Waals surface area (Å²) in [4.78, 5) is 6.32. The van der Waals surface area contributed by atoms with Crippen LogP contribution in [0.5, 0.6) is 0 Å². The molecule has 1 aromatic heterocycles. The van der Waals surface area contributed by atoms with Gasteiger partial charge in [-0.3, -0.25) is 0 Å². The molecule has 0 aromatic carbocycles. The maximum atomic E-state index is 5.01. The predicted molar refractivity (Wildman–Crippen MR) is 71.7 cm³/mol. The fourth-order valence-corrected chi connectivity index (χ4v) is 3.61. The van der Waals surface area contributed by atoms with Gasteiger partial charge >= 0.3 is 0 Å². The number of nitrogens with one attached hydrogen (secondary N) is 1. The van der Waals surface area contributed by atoms with E-state index in [4.69, 9.17) is 9.72 Å². The third-order valence-corrected chi connectivity index (χ3v) is 4.46. The predicted octanol–water partition coefficient (Wildman–Crippen LogP) is 2.49. The lowest BCUT2D eigenvalue weighted by molar-refractivity contribution is 0.199.